The fourth-order valence-electron chi connectivity index (χ4n) is 1.93. The van der Waals surface area contributed by atoms with Crippen LogP contribution in [-0.4, -0.2) is 19.7 Å². The maximum absolute atomic E-state index is 5.67. The van der Waals surface area contributed by atoms with E-state index in [-0.39, 0.29) is 0 Å². The second kappa shape index (κ2) is 4.66. The van der Waals surface area contributed by atoms with Gasteiger partial charge in [0.25, 0.3) is 0 Å². The van der Waals surface area contributed by atoms with Gasteiger partial charge in [0.15, 0.2) is 9.50 Å². The highest BCUT2D eigenvalue weighted by Crippen LogP contribution is 2.32. The van der Waals surface area contributed by atoms with Crippen LogP contribution in [0.2, 0.25) is 0 Å². The fourth-order valence-corrected chi connectivity index (χ4v) is 3.67. The van der Waals surface area contributed by atoms with E-state index in [0.717, 1.165) is 33.3 Å². The predicted octanol–water partition coefficient (Wildman–Crippen LogP) is 2.19. The normalized spacial score (nSPS) is 15.5. The summed E-state index contributed by atoms with van der Waals surface area (Å²) in [6.45, 7) is 1.02. The third-order valence-corrected chi connectivity index (χ3v) is 4.64. The third kappa shape index (κ3) is 2.30. The first-order valence-electron chi connectivity index (χ1n) is 5.64. The summed E-state index contributed by atoms with van der Waals surface area (Å²) in [6, 6.07) is 0. The van der Waals surface area contributed by atoms with Crippen LogP contribution in [0.25, 0.3) is 0 Å². The zero-order valence-corrected chi connectivity index (χ0v) is 10.9. The Kier molecular flexibility index (Phi) is 3.02. The summed E-state index contributed by atoms with van der Waals surface area (Å²) in [4.78, 5) is 4.24. The summed E-state index contributed by atoms with van der Waals surface area (Å²) in [7, 11) is 0. The van der Waals surface area contributed by atoms with Gasteiger partial charge in [-0.05, 0) is 24.6 Å². The van der Waals surface area contributed by atoms with E-state index in [4.69, 9.17) is 5.73 Å². The number of nitrogens with two attached hydrogens (primary N) is 1. The molecule has 0 amide bonds. The lowest BCUT2D eigenvalue weighted by atomic mass is 10.2. The zero-order valence-electron chi connectivity index (χ0n) is 9.30. The molecule has 2 aromatic heterocycles. The van der Waals surface area contributed by atoms with E-state index in [9.17, 15) is 0 Å². The van der Waals surface area contributed by atoms with Crippen LogP contribution < -0.4 is 5.73 Å². The van der Waals surface area contributed by atoms with Gasteiger partial charge in [0, 0.05) is 13.0 Å². The lowest BCUT2D eigenvalue weighted by Crippen LogP contribution is -2.01. The summed E-state index contributed by atoms with van der Waals surface area (Å²) in [5.74, 6) is 1.11. The van der Waals surface area contributed by atoms with Crippen LogP contribution in [0.1, 0.15) is 25.1 Å². The molecule has 0 aliphatic carbocycles. The standard InChI is InChI=1S/C10H13N5S2/c11-7-6-12-10(16-7)17-9-14-13-8-4-2-1-3-5-15(8)9/h6H,1-5,11H2. The second-order valence-electron chi connectivity index (χ2n) is 3.99. The summed E-state index contributed by atoms with van der Waals surface area (Å²) < 4.78 is 3.15. The van der Waals surface area contributed by atoms with E-state index in [1.807, 2.05) is 0 Å². The minimum absolute atomic E-state index is 0.739. The molecule has 2 aromatic rings. The van der Waals surface area contributed by atoms with E-state index < -0.39 is 0 Å². The van der Waals surface area contributed by atoms with Gasteiger partial charge in [-0.15, -0.1) is 10.2 Å². The minimum Gasteiger partial charge on any atom is -0.389 e. The number of nitrogens with zero attached hydrogens (tertiary/aromatic N) is 4. The van der Waals surface area contributed by atoms with Crippen molar-refractivity contribution in [2.24, 2.45) is 0 Å². The monoisotopic (exact) mass is 267 g/mol. The Hall–Kier alpha value is -1.08. The van der Waals surface area contributed by atoms with Gasteiger partial charge >= 0.3 is 0 Å². The van der Waals surface area contributed by atoms with Gasteiger partial charge in [-0.25, -0.2) is 4.98 Å². The first kappa shape index (κ1) is 11.0. The molecule has 1 aliphatic rings. The molecule has 5 nitrogen and oxygen atoms in total. The number of hydrogen-bond acceptors (Lipinski definition) is 6. The fraction of sp³-hybridized carbons (Fsp3) is 0.500. The van der Waals surface area contributed by atoms with Crippen LogP contribution in [0.4, 0.5) is 5.00 Å². The van der Waals surface area contributed by atoms with Crippen LogP contribution in [-0.2, 0) is 13.0 Å². The Morgan fingerprint density at radius 1 is 1.29 bits per heavy atom. The van der Waals surface area contributed by atoms with Crippen LogP contribution in [0.15, 0.2) is 15.7 Å². The third-order valence-electron chi connectivity index (χ3n) is 2.76. The molecule has 2 N–H and O–H groups in total. The van der Waals surface area contributed by atoms with Gasteiger partial charge in [0.05, 0.1) is 6.20 Å². The summed E-state index contributed by atoms with van der Waals surface area (Å²) in [5.41, 5.74) is 5.67. The second-order valence-corrected chi connectivity index (χ2v) is 6.27. The topological polar surface area (TPSA) is 69.6 Å². The Labute approximate surface area is 107 Å². The Morgan fingerprint density at radius 2 is 2.24 bits per heavy atom. The Balaban J connectivity index is 1.86. The lowest BCUT2D eigenvalue weighted by molar-refractivity contribution is 0.591. The molecule has 90 valence electrons. The number of fused-ring (bicyclic) bond motifs is 1. The van der Waals surface area contributed by atoms with Crippen molar-refractivity contribution in [1.82, 2.24) is 19.7 Å². The van der Waals surface area contributed by atoms with E-state index in [2.05, 4.69) is 19.7 Å². The van der Waals surface area contributed by atoms with Gasteiger partial charge in [-0.1, -0.05) is 17.8 Å². The first-order valence-corrected chi connectivity index (χ1v) is 7.27. The van der Waals surface area contributed by atoms with Crippen molar-refractivity contribution in [2.45, 2.75) is 41.7 Å². The van der Waals surface area contributed by atoms with Crippen LogP contribution in [0, 0.1) is 0 Å². The molecule has 0 unspecified atom stereocenters. The summed E-state index contributed by atoms with van der Waals surface area (Å²) >= 11 is 3.05. The smallest absolute Gasteiger partial charge is 0.198 e. The van der Waals surface area contributed by atoms with Crippen molar-refractivity contribution < 1.29 is 0 Å². The van der Waals surface area contributed by atoms with Gasteiger partial charge in [0.2, 0.25) is 0 Å². The van der Waals surface area contributed by atoms with E-state index >= 15 is 0 Å². The minimum atomic E-state index is 0.739. The molecule has 1 aliphatic heterocycles. The van der Waals surface area contributed by atoms with Gasteiger partial charge in [0.1, 0.15) is 10.8 Å². The molecular formula is C10H13N5S2. The Bertz CT molecular complexity index is 518. The van der Waals surface area contributed by atoms with Crippen molar-refractivity contribution in [3.8, 4) is 0 Å². The molecule has 0 saturated carbocycles. The van der Waals surface area contributed by atoms with Gasteiger partial charge in [-0.2, -0.15) is 0 Å². The number of nitrogen functional groups attached to an aromatic ring is 1. The highest BCUT2D eigenvalue weighted by molar-refractivity contribution is 8.00. The number of anilines is 1. The molecule has 17 heavy (non-hydrogen) atoms. The number of aromatic nitrogens is 4. The highest BCUT2D eigenvalue weighted by Gasteiger charge is 2.16. The van der Waals surface area contributed by atoms with Crippen molar-refractivity contribution in [1.29, 1.82) is 0 Å². The molecule has 0 atom stereocenters. The molecule has 0 saturated heterocycles. The number of rotatable bonds is 2. The van der Waals surface area contributed by atoms with Crippen molar-refractivity contribution in [3.63, 3.8) is 0 Å². The molecule has 0 bridgehead atoms. The summed E-state index contributed by atoms with van der Waals surface area (Å²) in [6.07, 6.45) is 6.42. The maximum Gasteiger partial charge on any atom is 0.198 e. The number of hydrogen-bond donors (Lipinski definition) is 1. The lowest BCUT2D eigenvalue weighted by Gasteiger charge is -2.04. The molecule has 3 heterocycles. The quantitative estimate of drug-likeness (QED) is 0.903. The van der Waals surface area contributed by atoms with Gasteiger partial charge in [-0.3, -0.25) is 0 Å². The molecule has 0 radical (unpaired) electrons. The summed E-state index contributed by atoms with van der Waals surface area (Å²) in [5, 5.41) is 10.2. The average Bonchev–Trinajstić information content (AvgIpc) is 2.80. The zero-order chi connectivity index (χ0) is 11.7. The van der Waals surface area contributed by atoms with Gasteiger partial charge < -0.3 is 10.3 Å². The molecule has 3 rings (SSSR count). The van der Waals surface area contributed by atoms with Crippen LogP contribution in [0.3, 0.4) is 0 Å². The van der Waals surface area contributed by atoms with E-state index in [1.54, 1.807) is 18.0 Å². The number of thiazole rings is 1. The largest absolute Gasteiger partial charge is 0.389 e. The Morgan fingerprint density at radius 3 is 3.06 bits per heavy atom. The number of aryl methyl sites for hydroxylation is 1. The highest BCUT2D eigenvalue weighted by atomic mass is 32.2. The van der Waals surface area contributed by atoms with E-state index in [0.29, 0.717) is 0 Å². The van der Waals surface area contributed by atoms with Crippen LogP contribution in [0.5, 0.6) is 0 Å². The molecule has 0 aromatic carbocycles. The first-order chi connectivity index (χ1) is 8.33. The SMILES string of the molecule is Nc1cnc(Sc2nnc3n2CCCCC3)s1. The molecule has 0 fully saturated rings. The molecule has 7 heteroatoms. The van der Waals surface area contributed by atoms with E-state index in [1.165, 1.54) is 30.6 Å². The van der Waals surface area contributed by atoms with Crippen molar-refractivity contribution in [2.75, 3.05) is 5.73 Å². The maximum atomic E-state index is 5.67. The van der Waals surface area contributed by atoms with Crippen LogP contribution >= 0.6 is 23.1 Å². The average molecular weight is 267 g/mol. The van der Waals surface area contributed by atoms with Crippen molar-refractivity contribution >= 4 is 28.1 Å². The van der Waals surface area contributed by atoms with Crippen molar-refractivity contribution in [3.05, 3.63) is 12.0 Å². The molecular weight excluding hydrogens is 254 g/mol. The predicted molar refractivity (Wildman–Crippen MR) is 68.2 cm³/mol. The molecule has 0 spiro atoms.